The van der Waals surface area contributed by atoms with Gasteiger partial charge in [-0.3, -0.25) is 4.79 Å². The molecule has 1 fully saturated rings. The minimum atomic E-state index is -0.0378. The van der Waals surface area contributed by atoms with Crippen molar-refractivity contribution in [2.24, 2.45) is 0 Å². The van der Waals surface area contributed by atoms with Crippen molar-refractivity contribution in [3.8, 4) is 11.1 Å². The van der Waals surface area contributed by atoms with Gasteiger partial charge in [-0.2, -0.15) is 0 Å². The Hall–Kier alpha value is -2.60. The largest absolute Gasteiger partial charge is 0.349 e. The number of thioether (sulfide) groups is 1. The third-order valence-electron chi connectivity index (χ3n) is 4.71. The van der Waals surface area contributed by atoms with Crippen LogP contribution in [0.1, 0.15) is 37.4 Å². The fraction of sp³-hybridized carbons (Fsp3) is 0.286. The van der Waals surface area contributed by atoms with Gasteiger partial charge >= 0.3 is 0 Å². The van der Waals surface area contributed by atoms with E-state index < -0.39 is 0 Å². The number of rotatable bonds is 7. The third kappa shape index (κ3) is 4.39. The number of hydrogen-bond donors (Lipinski definition) is 1. The fourth-order valence-electron chi connectivity index (χ4n) is 3.03. The first-order valence-electron chi connectivity index (χ1n) is 9.18. The number of aromatic nitrogens is 3. The van der Waals surface area contributed by atoms with Crippen LogP contribution in [0.5, 0.6) is 0 Å². The van der Waals surface area contributed by atoms with E-state index in [2.05, 4.69) is 56.5 Å². The maximum absolute atomic E-state index is 12.3. The van der Waals surface area contributed by atoms with E-state index in [0.29, 0.717) is 11.8 Å². The summed E-state index contributed by atoms with van der Waals surface area (Å²) in [5.41, 5.74) is 3.46. The van der Waals surface area contributed by atoms with E-state index in [1.54, 1.807) is 6.33 Å². The van der Waals surface area contributed by atoms with E-state index in [-0.39, 0.29) is 11.9 Å². The SMILES string of the molecule is CC(NC(=O)CSc1nncn1C1CC1)c1ccc(-c2ccccc2)cc1. The van der Waals surface area contributed by atoms with Gasteiger partial charge in [0.15, 0.2) is 5.16 Å². The van der Waals surface area contributed by atoms with Gasteiger partial charge in [-0.1, -0.05) is 66.4 Å². The second kappa shape index (κ2) is 7.96. The molecule has 0 saturated heterocycles. The molecule has 3 aromatic rings. The number of carbonyl (C=O) groups is 1. The molecule has 1 aliphatic rings. The number of benzene rings is 2. The molecule has 1 atom stereocenters. The van der Waals surface area contributed by atoms with Crippen LogP contribution in [0.2, 0.25) is 0 Å². The van der Waals surface area contributed by atoms with Crippen molar-refractivity contribution in [2.45, 2.75) is 37.0 Å². The summed E-state index contributed by atoms with van der Waals surface area (Å²) in [4.78, 5) is 12.3. The summed E-state index contributed by atoms with van der Waals surface area (Å²) >= 11 is 1.44. The van der Waals surface area contributed by atoms with Crippen LogP contribution in [-0.2, 0) is 4.79 Å². The Kier molecular flexibility index (Phi) is 5.25. The molecule has 4 rings (SSSR count). The summed E-state index contributed by atoms with van der Waals surface area (Å²) in [7, 11) is 0. The topological polar surface area (TPSA) is 59.8 Å². The molecular formula is C21H22N4OS. The molecule has 0 bridgehead atoms. The average Bonchev–Trinajstić information content (AvgIpc) is 3.45. The molecule has 1 heterocycles. The highest BCUT2D eigenvalue weighted by molar-refractivity contribution is 7.99. The van der Waals surface area contributed by atoms with Gasteiger partial charge in [-0.25, -0.2) is 0 Å². The summed E-state index contributed by atoms with van der Waals surface area (Å²) < 4.78 is 2.07. The second-order valence-corrected chi connectivity index (χ2v) is 7.76. The lowest BCUT2D eigenvalue weighted by molar-refractivity contribution is -0.119. The lowest BCUT2D eigenvalue weighted by Crippen LogP contribution is -2.28. The standard InChI is InChI=1S/C21H22N4OS/c1-15(16-7-9-18(10-8-16)17-5-3-2-4-6-17)23-20(26)13-27-21-24-22-14-25(21)19-11-12-19/h2-10,14-15,19H,11-13H2,1H3,(H,23,26). The molecule has 0 radical (unpaired) electrons. The van der Waals surface area contributed by atoms with Crippen LogP contribution < -0.4 is 5.32 Å². The minimum Gasteiger partial charge on any atom is -0.349 e. The summed E-state index contributed by atoms with van der Waals surface area (Å²) in [5, 5.41) is 12.0. The lowest BCUT2D eigenvalue weighted by Gasteiger charge is -2.15. The number of nitrogens with zero attached hydrogens (tertiary/aromatic N) is 3. The van der Waals surface area contributed by atoms with Gasteiger partial charge < -0.3 is 9.88 Å². The van der Waals surface area contributed by atoms with Crippen molar-refractivity contribution in [1.82, 2.24) is 20.1 Å². The van der Waals surface area contributed by atoms with Crippen LogP contribution >= 0.6 is 11.8 Å². The molecule has 1 saturated carbocycles. The monoisotopic (exact) mass is 378 g/mol. The van der Waals surface area contributed by atoms with Gasteiger partial charge in [0.2, 0.25) is 5.91 Å². The zero-order chi connectivity index (χ0) is 18.6. The molecule has 27 heavy (non-hydrogen) atoms. The van der Waals surface area contributed by atoms with Gasteiger partial charge in [-0.15, -0.1) is 10.2 Å². The van der Waals surface area contributed by atoms with Gasteiger partial charge in [0.25, 0.3) is 0 Å². The molecule has 1 aliphatic carbocycles. The molecule has 1 aromatic heterocycles. The highest BCUT2D eigenvalue weighted by Gasteiger charge is 2.26. The molecule has 138 valence electrons. The molecule has 6 heteroatoms. The highest BCUT2D eigenvalue weighted by atomic mass is 32.2. The molecule has 0 aliphatic heterocycles. The van der Waals surface area contributed by atoms with Crippen molar-refractivity contribution >= 4 is 17.7 Å². The van der Waals surface area contributed by atoms with Crippen LogP contribution in [0.3, 0.4) is 0 Å². The first-order valence-corrected chi connectivity index (χ1v) is 10.2. The van der Waals surface area contributed by atoms with Crippen molar-refractivity contribution < 1.29 is 4.79 Å². The average molecular weight is 379 g/mol. The van der Waals surface area contributed by atoms with E-state index in [4.69, 9.17) is 0 Å². The quantitative estimate of drug-likeness (QED) is 0.625. The summed E-state index contributed by atoms with van der Waals surface area (Å²) in [5.74, 6) is 0.350. The number of hydrogen-bond acceptors (Lipinski definition) is 4. The van der Waals surface area contributed by atoms with E-state index in [1.165, 1.54) is 35.7 Å². The minimum absolute atomic E-state index is 0.00461. The smallest absolute Gasteiger partial charge is 0.230 e. The highest BCUT2D eigenvalue weighted by Crippen LogP contribution is 2.37. The van der Waals surface area contributed by atoms with Gasteiger partial charge in [-0.05, 0) is 36.5 Å². The number of nitrogens with one attached hydrogen (secondary N) is 1. The van der Waals surface area contributed by atoms with Gasteiger partial charge in [0.1, 0.15) is 6.33 Å². The molecule has 1 N–H and O–H groups in total. The summed E-state index contributed by atoms with van der Waals surface area (Å²) in [6.45, 7) is 2.01. The summed E-state index contributed by atoms with van der Waals surface area (Å²) in [6, 6.07) is 19.1. The predicted octanol–water partition coefficient (Wildman–Crippen LogP) is 4.25. The van der Waals surface area contributed by atoms with Crippen LogP contribution in [0.15, 0.2) is 66.1 Å². The van der Waals surface area contributed by atoms with Crippen molar-refractivity contribution in [1.29, 1.82) is 0 Å². The molecule has 0 spiro atoms. The molecular weight excluding hydrogens is 356 g/mol. The Labute approximate surface area is 163 Å². The van der Waals surface area contributed by atoms with Gasteiger partial charge in [0.05, 0.1) is 11.8 Å². The van der Waals surface area contributed by atoms with Crippen LogP contribution in [0, 0.1) is 0 Å². The molecule has 1 unspecified atom stereocenters. The molecule has 1 amide bonds. The molecule has 5 nitrogen and oxygen atoms in total. The van der Waals surface area contributed by atoms with Crippen LogP contribution in [0.25, 0.3) is 11.1 Å². The lowest BCUT2D eigenvalue weighted by atomic mass is 10.0. The normalized spacial score (nSPS) is 14.7. The first kappa shape index (κ1) is 17.8. The van der Waals surface area contributed by atoms with E-state index in [1.807, 2.05) is 25.1 Å². The fourth-order valence-corrected chi connectivity index (χ4v) is 3.82. The Morgan fingerprint density at radius 2 is 1.85 bits per heavy atom. The number of amides is 1. The maximum Gasteiger partial charge on any atom is 0.230 e. The van der Waals surface area contributed by atoms with Crippen molar-refractivity contribution in [3.63, 3.8) is 0 Å². The summed E-state index contributed by atoms with van der Waals surface area (Å²) in [6.07, 6.45) is 4.11. The van der Waals surface area contributed by atoms with Crippen LogP contribution in [-0.4, -0.2) is 26.4 Å². The predicted molar refractivity (Wildman–Crippen MR) is 107 cm³/mol. The Bertz CT molecular complexity index is 903. The zero-order valence-electron chi connectivity index (χ0n) is 15.2. The van der Waals surface area contributed by atoms with Crippen LogP contribution in [0.4, 0.5) is 0 Å². The Balaban J connectivity index is 1.32. The second-order valence-electron chi connectivity index (χ2n) is 6.82. The van der Waals surface area contributed by atoms with E-state index in [9.17, 15) is 4.79 Å². The zero-order valence-corrected chi connectivity index (χ0v) is 16.0. The van der Waals surface area contributed by atoms with Crippen molar-refractivity contribution in [3.05, 3.63) is 66.5 Å². The first-order chi connectivity index (χ1) is 13.2. The van der Waals surface area contributed by atoms with Gasteiger partial charge in [0, 0.05) is 6.04 Å². The third-order valence-corrected chi connectivity index (χ3v) is 5.67. The van der Waals surface area contributed by atoms with E-state index in [0.717, 1.165) is 10.7 Å². The van der Waals surface area contributed by atoms with E-state index >= 15 is 0 Å². The maximum atomic E-state index is 12.3. The number of carbonyl (C=O) groups excluding carboxylic acids is 1. The Morgan fingerprint density at radius 1 is 1.15 bits per heavy atom. The van der Waals surface area contributed by atoms with Crippen molar-refractivity contribution in [2.75, 3.05) is 5.75 Å². The Morgan fingerprint density at radius 3 is 2.56 bits per heavy atom. The molecule has 2 aromatic carbocycles.